The van der Waals surface area contributed by atoms with E-state index in [1.54, 1.807) is 12.1 Å². The fraction of sp³-hybridized carbons (Fsp3) is 0.200. The van der Waals surface area contributed by atoms with E-state index in [-0.39, 0.29) is 0 Å². The van der Waals surface area contributed by atoms with Crippen molar-refractivity contribution in [3.8, 4) is 11.8 Å². The van der Waals surface area contributed by atoms with Crippen LogP contribution in [0.3, 0.4) is 0 Å². The summed E-state index contributed by atoms with van der Waals surface area (Å²) in [6, 6.07) is 5.37. The van der Waals surface area contributed by atoms with Crippen LogP contribution in [0.15, 0.2) is 18.2 Å². The third-order valence-corrected chi connectivity index (χ3v) is 2.03. The van der Waals surface area contributed by atoms with Gasteiger partial charge in [-0.05, 0) is 18.2 Å². The fourth-order valence-electron chi connectivity index (χ4n) is 0.842. The molecule has 0 aliphatic rings. The van der Waals surface area contributed by atoms with Gasteiger partial charge < -0.3 is 5.73 Å². The number of benzene rings is 1. The number of hydrogen-bond acceptors (Lipinski definition) is 2. The molecule has 1 nitrogen and oxygen atoms in total. The third kappa shape index (κ3) is 3.22. The highest BCUT2D eigenvalue weighted by Gasteiger charge is 1.94. The first-order chi connectivity index (χ1) is 6.24. The van der Waals surface area contributed by atoms with E-state index in [1.807, 2.05) is 6.07 Å². The van der Waals surface area contributed by atoms with Crippen LogP contribution in [-0.2, 0) is 0 Å². The maximum atomic E-state index is 5.76. The molecule has 68 valence electrons. The highest BCUT2D eigenvalue weighted by Crippen LogP contribution is 2.18. The van der Waals surface area contributed by atoms with Crippen LogP contribution in [0.2, 0.25) is 5.02 Å². The molecule has 0 bridgehead atoms. The molecule has 0 aromatic heterocycles. The van der Waals surface area contributed by atoms with Gasteiger partial charge >= 0.3 is 0 Å². The first-order valence-corrected chi connectivity index (χ1v) is 4.90. The summed E-state index contributed by atoms with van der Waals surface area (Å²) in [5, 5.41) is 0.569. The van der Waals surface area contributed by atoms with Crippen LogP contribution in [0.25, 0.3) is 0 Å². The van der Waals surface area contributed by atoms with Crippen molar-refractivity contribution in [2.45, 2.75) is 6.42 Å². The summed E-state index contributed by atoms with van der Waals surface area (Å²) in [6.07, 6.45) is 0.783. The Bertz CT molecular complexity index is 352. The van der Waals surface area contributed by atoms with E-state index in [1.165, 1.54) is 0 Å². The zero-order valence-corrected chi connectivity index (χ0v) is 8.70. The molecule has 1 aromatic rings. The first kappa shape index (κ1) is 10.3. The lowest BCUT2D eigenvalue weighted by Gasteiger charge is -1.96. The van der Waals surface area contributed by atoms with Gasteiger partial charge in [0.15, 0.2) is 0 Å². The molecule has 0 unspecified atom stereocenters. The molecule has 1 aromatic carbocycles. The van der Waals surface area contributed by atoms with E-state index in [4.69, 9.17) is 17.3 Å². The molecule has 0 fully saturated rings. The molecule has 0 aliphatic carbocycles. The Morgan fingerprint density at radius 3 is 2.85 bits per heavy atom. The van der Waals surface area contributed by atoms with Crippen molar-refractivity contribution in [3.63, 3.8) is 0 Å². The Balaban J connectivity index is 2.81. The summed E-state index contributed by atoms with van der Waals surface area (Å²) in [4.78, 5) is 0. The molecular weight excluding hydrogens is 202 g/mol. The van der Waals surface area contributed by atoms with Crippen molar-refractivity contribution in [2.75, 3.05) is 11.5 Å². The van der Waals surface area contributed by atoms with Gasteiger partial charge in [0.25, 0.3) is 0 Å². The van der Waals surface area contributed by atoms with Gasteiger partial charge in [0.2, 0.25) is 0 Å². The van der Waals surface area contributed by atoms with Crippen molar-refractivity contribution < 1.29 is 0 Å². The van der Waals surface area contributed by atoms with Crippen LogP contribution in [0.4, 0.5) is 5.69 Å². The first-order valence-electron chi connectivity index (χ1n) is 3.89. The number of halogens is 1. The molecule has 0 heterocycles. The lowest BCUT2D eigenvalue weighted by molar-refractivity contribution is 1.31. The van der Waals surface area contributed by atoms with Crippen molar-refractivity contribution in [1.29, 1.82) is 0 Å². The van der Waals surface area contributed by atoms with Crippen molar-refractivity contribution in [1.82, 2.24) is 0 Å². The van der Waals surface area contributed by atoms with E-state index < -0.39 is 0 Å². The molecule has 0 atom stereocenters. The van der Waals surface area contributed by atoms with E-state index in [0.29, 0.717) is 10.7 Å². The second kappa shape index (κ2) is 5.06. The molecule has 0 aliphatic heterocycles. The Kier molecular flexibility index (Phi) is 4.01. The molecule has 0 radical (unpaired) electrons. The minimum Gasteiger partial charge on any atom is -0.397 e. The Labute approximate surface area is 88.7 Å². The lowest BCUT2D eigenvalue weighted by Crippen LogP contribution is -1.86. The number of hydrogen-bond donors (Lipinski definition) is 2. The second-order valence-electron chi connectivity index (χ2n) is 2.51. The van der Waals surface area contributed by atoms with Gasteiger partial charge in [-0.25, -0.2) is 0 Å². The molecule has 0 spiro atoms. The minimum atomic E-state index is 0.569. The highest BCUT2D eigenvalue weighted by molar-refractivity contribution is 7.80. The molecule has 2 N–H and O–H groups in total. The Morgan fingerprint density at radius 1 is 1.46 bits per heavy atom. The molecule has 1 rings (SSSR count). The van der Waals surface area contributed by atoms with Crippen LogP contribution in [0.5, 0.6) is 0 Å². The minimum absolute atomic E-state index is 0.569. The number of nitrogen functional groups attached to an aromatic ring is 1. The van der Waals surface area contributed by atoms with Crippen LogP contribution < -0.4 is 5.73 Å². The summed E-state index contributed by atoms with van der Waals surface area (Å²) in [6.45, 7) is 0. The van der Waals surface area contributed by atoms with Crippen LogP contribution >= 0.6 is 24.2 Å². The predicted octanol–water partition coefficient (Wildman–Crippen LogP) is 2.59. The highest BCUT2D eigenvalue weighted by atomic mass is 35.5. The fourth-order valence-corrected chi connectivity index (χ4v) is 1.07. The summed E-state index contributed by atoms with van der Waals surface area (Å²) in [5.41, 5.74) is 7.07. The van der Waals surface area contributed by atoms with Crippen LogP contribution in [0.1, 0.15) is 12.0 Å². The maximum Gasteiger partial charge on any atom is 0.0636 e. The van der Waals surface area contributed by atoms with Crippen molar-refractivity contribution >= 4 is 29.9 Å². The standard InChI is InChI=1S/C10H10ClNS/c11-9-5-4-8(7-10(9)12)3-1-2-6-13/h4-5,7,13H,2,6,12H2. The molecular formula is C10H10ClNS. The quantitative estimate of drug-likeness (QED) is 0.417. The topological polar surface area (TPSA) is 26.0 Å². The van der Waals surface area contributed by atoms with Crippen LogP contribution in [-0.4, -0.2) is 5.75 Å². The van der Waals surface area contributed by atoms with Gasteiger partial charge in [-0.2, -0.15) is 12.6 Å². The van der Waals surface area contributed by atoms with Crippen LogP contribution in [0, 0.1) is 11.8 Å². The third-order valence-electron chi connectivity index (χ3n) is 1.47. The molecule has 0 amide bonds. The summed E-state index contributed by atoms with van der Waals surface area (Å²) >= 11 is 9.81. The van der Waals surface area contributed by atoms with E-state index in [0.717, 1.165) is 17.7 Å². The predicted molar refractivity (Wildman–Crippen MR) is 61.2 cm³/mol. The van der Waals surface area contributed by atoms with E-state index in [9.17, 15) is 0 Å². The van der Waals surface area contributed by atoms with Gasteiger partial charge in [0.1, 0.15) is 0 Å². The van der Waals surface area contributed by atoms with Gasteiger partial charge in [-0.15, -0.1) is 0 Å². The van der Waals surface area contributed by atoms with E-state index in [2.05, 4.69) is 24.5 Å². The zero-order chi connectivity index (χ0) is 9.68. The van der Waals surface area contributed by atoms with Gasteiger partial charge in [-0.1, -0.05) is 23.4 Å². The molecule has 0 saturated heterocycles. The molecule has 13 heavy (non-hydrogen) atoms. The SMILES string of the molecule is Nc1cc(C#CCCS)ccc1Cl. The Morgan fingerprint density at radius 2 is 2.23 bits per heavy atom. The number of rotatable bonds is 1. The largest absolute Gasteiger partial charge is 0.397 e. The number of thiol groups is 1. The molecule has 0 saturated carbocycles. The summed E-state index contributed by atoms with van der Waals surface area (Å²) in [7, 11) is 0. The van der Waals surface area contributed by atoms with Crippen molar-refractivity contribution in [3.05, 3.63) is 28.8 Å². The van der Waals surface area contributed by atoms with Crippen molar-refractivity contribution in [2.24, 2.45) is 0 Å². The van der Waals surface area contributed by atoms with Gasteiger partial charge in [0, 0.05) is 17.7 Å². The van der Waals surface area contributed by atoms with Gasteiger partial charge in [0.05, 0.1) is 10.7 Å². The summed E-state index contributed by atoms with van der Waals surface area (Å²) in [5.74, 6) is 6.72. The summed E-state index contributed by atoms with van der Waals surface area (Å²) < 4.78 is 0. The maximum absolute atomic E-state index is 5.76. The number of nitrogens with two attached hydrogens (primary N) is 1. The van der Waals surface area contributed by atoms with Gasteiger partial charge in [-0.3, -0.25) is 0 Å². The molecule has 3 heteroatoms. The number of anilines is 1. The van der Waals surface area contributed by atoms with E-state index >= 15 is 0 Å². The normalized spacial score (nSPS) is 9.08. The zero-order valence-electron chi connectivity index (χ0n) is 7.05. The Hall–Kier alpha value is -0.780. The monoisotopic (exact) mass is 211 g/mol. The average molecular weight is 212 g/mol. The average Bonchev–Trinajstić information content (AvgIpc) is 2.12. The second-order valence-corrected chi connectivity index (χ2v) is 3.37. The lowest BCUT2D eigenvalue weighted by atomic mass is 10.2. The smallest absolute Gasteiger partial charge is 0.0636 e.